The molecule has 0 saturated heterocycles. The van der Waals surface area contributed by atoms with Gasteiger partial charge >= 0.3 is 0 Å². The van der Waals surface area contributed by atoms with Crippen molar-refractivity contribution in [3.8, 4) is 11.8 Å². The third-order valence-electron chi connectivity index (χ3n) is 5.12. The molecule has 3 rings (SSSR count). The number of nitriles is 1. The highest BCUT2D eigenvalue weighted by molar-refractivity contribution is 5.32. The Labute approximate surface area is 133 Å². The van der Waals surface area contributed by atoms with Crippen LogP contribution in [0.25, 0.3) is 0 Å². The second-order valence-corrected chi connectivity index (χ2v) is 6.70. The van der Waals surface area contributed by atoms with Crippen molar-refractivity contribution in [1.82, 2.24) is 0 Å². The maximum Gasteiger partial charge on any atom is 0.119 e. The molecule has 1 unspecified atom stereocenters. The van der Waals surface area contributed by atoms with E-state index in [1.54, 1.807) is 0 Å². The molecule has 0 spiro atoms. The summed E-state index contributed by atoms with van der Waals surface area (Å²) in [5.74, 6) is 2.31. The number of nitrogens with zero attached hydrogens (tertiary/aromatic N) is 1. The fraction of sp³-hybridized carbons (Fsp3) is 0.550. The van der Waals surface area contributed by atoms with Crippen LogP contribution in [-0.2, 0) is 0 Å². The Morgan fingerprint density at radius 2 is 1.82 bits per heavy atom. The fourth-order valence-electron chi connectivity index (χ4n) is 3.64. The molecule has 1 atom stereocenters. The summed E-state index contributed by atoms with van der Waals surface area (Å²) in [6.07, 6.45) is 11.9. The van der Waals surface area contributed by atoms with Gasteiger partial charge in [-0.3, -0.25) is 0 Å². The summed E-state index contributed by atoms with van der Waals surface area (Å²) in [5.41, 5.74) is 2.32. The zero-order valence-electron chi connectivity index (χ0n) is 13.3. The Bertz CT molecular complexity index is 546. The van der Waals surface area contributed by atoms with Crippen molar-refractivity contribution in [3.63, 3.8) is 0 Å². The van der Waals surface area contributed by atoms with Gasteiger partial charge in [-0.15, -0.1) is 0 Å². The van der Waals surface area contributed by atoms with E-state index in [0.29, 0.717) is 5.92 Å². The van der Waals surface area contributed by atoms with Crippen LogP contribution in [0.4, 0.5) is 0 Å². The molecule has 1 saturated carbocycles. The van der Waals surface area contributed by atoms with E-state index >= 15 is 0 Å². The smallest absolute Gasteiger partial charge is 0.119 e. The largest absolute Gasteiger partial charge is 0.493 e. The first-order valence-corrected chi connectivity index (χ1v) is 8.67. The van der Waals surface area contributed by atoms with Crippen LogP contribution in [0.15, 0.2) is 35.9 Å². The molecule has 22 heavy (non-hydrogen) atoms. The van der Waals surface area contributed by atoms with Crippen LogP contribution in [0.2, 0.25) is 0 Å². The van der Waals surface area contributed by atoms with Crippen molar-refractivity contribution in [2.75, 3.05) is 6.61 Å². The van der Waals surface area contributed by atoms with Gasteiger partial charge in [0.1, 0.15) is 5.75 Å². The summed E-state index contributed by atoms with van der Waals surface area (Å²) in [7, 11) is 0. The molecule has 0 radical (unpaired) electrons. The normalized spacial score (nSPS) is 22.7. The third kappa shape index (κ3) is 3.91. The zero-order chi connectivity index (χ0) is 15.2. The molecule has 2 aliphatic rings. The first-order valence-electron chi connectivity index (χ1n) is 8.67. The highest BCUT2D eigenvalue weighted by atomic mass is 16.5. The van der Waals surface area contributed by atoms with Gasteiger partial charge in [-0.05, 0) is 61.6 Å². The van der Waals surface area contributed by atoms with Crippen LogP contribution < -0.4 is 4.74 Å². The number of rotatable bonds is 4. The molecule has 0 bridgehead atoms. The molecule has 2 heteroatoms. The minimum Gasteiger partial charge on any atom is -0.493 e. The minimum atomic E-state index is 0.560. The van der Waals surface area contributed by atoms with Gasteiger partial charge in [-0.1, -0.05) is 37.5 Å². The van der Waals surface area contributed by atoms with Gasteiger partial charge in [-0.25, -0.2) is 0 Å². The van der Waals surface area contributed by atoms with Crippen LogP contribution in [-0.4, -0.2) is 6.61 Å². The fourth-order valence-corrected chi connectivity index (χ4v) is 3.64. The van der Waals surface area contributed by atoms with E-state index in [1.165, 1.54) is 37.7 Å². The van der Waals surface area contributed by atoms with E-state index in [4.69, 9.17) is 10.00 Å². The molecule has 0 aliphatic heterocycles. The van der Waals surface area contributed by atoms with Gasteiger partial charge in [0.15, 0.2) is 0 Å². The minimum absolute atomic E-state index is 0.560. The Hall–Kier alpha value is -1.75. The van der Waals surface area contributed by atoms with Crippen LogP contribution in [0.3, 0.4) is 0 Å². The lowest BCUT2D eigenvalue weighted by Gasteiger charge is -2.22. The molecule has 1 fully saturated rings. The van der Waals surface area contributed by atoms with Gasteiger partial charge in [0.05, 0.1) is 12.7 Å². The zero-order valence-corrected chi connectivity index (χ0v) is 13.3. The lowest BCUT2D eigenvalue weighted by atomic mass is 9.85. The van der Waals surface area contributed by atoms with Gasteiger partial charge in [0.25, 0.3) is 0 Å². The molecule has 1 aromatic carbocycles. The highest BCUT2D eigenvalue weighted by Gasteiger charge is 2.17. The average molecular weight is 295 g/mol. The molecule has 0 heterocycles. The van der Waals surface area contributed by atoms with Crippen molar-refractivity contribution in [3.05, 3.63) is 41.5 Å². The molecule has 1 aromatic rings. The summed E-state index contributed by atoms with van der Waals surface area (Å²) in [5, 5.41) is 8.92. The van der Waals surface area contributed by atoms with E-state index in [1.807, 2.05) is 0 Å². The monoisotopic (exact) mass is 295 g/mol. The predicted molar refractivity (Wildman–Crippen MR) is 88.8 cm³/mol. The average Bonchev–Trinajstić information content (AvgIpc) is 2.61. The van der Waals surface area contributed by atoms with Crippen LogP contribution in [0, 0.1) is 17.2 Å². The van der Waals surface area contributed by atoms with E-state index in [-0.39, 0.29) is 0 Å². The van der Waals surface area contributed by atoms with E-state index in [0.717, 1.165) is 43.1 Å². The maximum absolute atomic E-state index is 8.92. The van der Waals surface area contributed by atoms with E-state index in [9.17, 15) is 0 Å². The van der Waals surface area contributed by atoms with Gasteiger partial charge in [0, 0.05) is 5.57 Å². The molecule has 0 amide bonds. The second kappa shape index (κ2) is 7.49. The molecule has 0 N–H and O–H groups in total. The van der Waals surface area contributed by atoms with Crippen molar-refractivity contribution in [2.45, 2.75) is 57.3 Å². The number of hydrogen-bond donors (Lipinski definition) is 0. The Morgan fingerprint density at radius 3 is 2.45 bits per heavy atom. The SMILES string of the molecule is N#CC1=CCC(c2ccc(OCC3CCCCC3)cc2)CC1. The molecular formula is C20H25NO. The first kappa shape index (κ1) is 15.2. The standard InChI is InChI=1S/C20H25NO/c21-14-16-6-8-18(9-7-16)19-10-12-20(13-11-19)22-15-17-4-2-1-3-5-17/h6,10-13,17-18H,1-5,7-9,15H2. The van der Waals surface area contributed by atoms with Crippen molar-refractivity contribution in [2.24, 2.45) is 5.92 Å². The summed E-state index contributed by atoms with van der Waals surface area (Å²) in [4.78, 5) is 0. The number of hydrogen-bond acceptors (Lipinski definition) is 2. The molecule has 0 aromatic heterocycles. The number of benzene rings is 1. The van der Waals surface area contributed by atoms with Crippen LogP contribution in [0.1, 0.15) is 62.8 Å². The quantitative estimate of drug-likeness (QED) is 0.748. The van der Waals surface area contributed by atoms with Gasteiger partial charge < -0.3 is 4.74 Å². The van der Waals surface area contributed by atoms with Crippen LogP contribution in [0.5, 0.6) is 5.75 Å². The topological polar surface area (TPSA) is 33.0 Å². The molecule has 2 nitrogen and oxygen atoms in total. The summed E-state index contributed by atoms with van der Waals surface area (Å²) in [6.45, 7) is 0.872. The second-order valence-electron chi connectivity index (χ2n) is 6.70. The van der Waals surface area contributed by atoms with Gasteiger partial charge in [0.2, 0.25) is 0 Å². The summed E-state index contributed by atoms with van der Waals surface area (Å²) < 4.78 is 5.97. The predicted octanol–water partition coefficient (Wildman–Crippen LogP) is 5.36. The maximum atomic E-state index is 8.92. The number of allylic oxidation sites excluding steroid dienone is 2. The Morgan fingerprint density at radius 1 is 1.05 bits per heavy atom. The summed E-state index contributed by atoms with van der Waals surface area (Å²) >= 11 is 0. The highest BCUT2D eigenvalue weighted by Crippen LogP contribution is 2.32. The number of ether oxygens (including phenoxy) is 1. The lowest BCUT2D eigenvalue weighted by molar-refractivity contribution is 0.209. The van der Waals surface area contributed by atoms with Gasteiger partial charge in [-0.2, -0.15) is 5.26 Å². The first-order chi connectivity index (χ1) is 10.8. The van der Waals surface area contributed by atoms with Crippen molar-refractivity contribution >= 4 is 0 Å². The lowest BCUT2D eigenvalue weighted by Crippen LogP contribution is -2.15. The summed E-state index contributed by atoms with van der Waals surface area (Å²) in [6, 6.07) is 10.9. The van der Waals surface area contributed by atoms with E-state index in [2.05, 4.69) is 36.4 Å². The molecule has 2 aliphatic carbocycles. The third-order valence-corrected chi connectivity index (χ3v) is 5.12. The van der Waals surface area contributed by atoms with Crippen molar-refractivity contribution < 1.29 is 4.74 Å². The van der Waals surface area contributed by atoms with Crippen molar-refractivity contribution in [1.29, 1.82) is 5.26 Å². The molecular weight excluding hydrogens is 270 g/mol. The van der Waals surface area contributed by atoms with E-state index < -0.39 is 0 Å². The van der Waals surface area contributed by atoms with Crippen LogP contribution >= 0.6 is 0 Å². The Balaban J connectivity index is 1.52. The molecule has 116 valence electrons. The Kier molecular flexibility index (Phi) is 5.16.